The average Bonchev–Trinajstić information content (AvgIpc) is 2.69. The van der Waals surface area contributed by atoms with Gasteiger partial charge in [0, 0.05) is 64.9 Å². The number of aliphatic imine (C=N–C) groups is 1. The van der Waals surface area contributed by atoms with Crippen molar-refractivity contribution in [2.45, 2.75) is 71.6 Å². The number of amides is 1. The van der Waals surface area contributed by atoms with Gasteiger partial charge in [0.05, 0.1) is 0 Å². The summed E-state index contributed by atoms with van der Waals surface area (Å²) in [5.41, 5.74) is -0.433. The fourth-order valence-corrected chi connectivity index (χ4v) is 3.94. The molecule has 0 aliphatic carbocycles. The van der Waals surface area contributed by atoms with Gasteiger partial charge in [-0.15, -0.1) is 24.0 Å². The standard InChI is InChI=1S/C22H44N6O2.HI/c1-18(2)27-12-8-19(9-13-27)25-20(23-6)24-10-7-11-26-14-16-28(17-15-26)21(29)30-22(3,4)5;/h18-19H,7-17H2,1-6H3,(H2,23,24,25);1H. The highest BCUT2D eigenvalue weighted by atomic mass is 127. The van der Waals surface area contributed by atoms with Crippen molar-refractivity contribution in [2.24, 2.45) is 4.99 Å². The molecule has 2 saturated heterocycles. The van der Waals surface area contributed by atoms with Gasteiger partial charge in [0.15, 0.2) is 5.96 Å². The second-order valence-corrected chi connectivity index (χ2v) is 9.71. The summed E-state index contributed by atoms with van der Waals surface area (Å²) in [6.45, 7) is 17.8. The second-order valence-electron chi connectivity index (χ2n) is 9.71. The number of hydrogen-bond donors (Lipinski definition) is 2. The van der Waals surface area contributed by atoms with Crippen LogP contribution >= 0.6 is 24.0 Å². The second kappa shape index (κ2) is 13.7. The van der Waals surface area contributed by atoms with Crippen LogP contribution < -0.4 is 10.6 Å². The van der Waals surface area contributed by atoms with E-state index in [2.05, 4.69) is 39.3 Å². The van der Waals surface area contributed by atoms with E-state index in [1.54, 1.807) is 0 Å². The molecule has 0 aromatic carbocycles. The summed E-state index contributed by atoms with van der Waals surface area (Å²) in [6.07, 6.45) is 3.19. The normalized spacial score (nSPS) is 19.8. The first kappa shape index (κ1) is 28.2. The molecule has 0 aromatic heterocycles. The molecule has 0 aromatic rings. The number of guanidine groups is 1. The third-order valence-electron chi connectivity index (χ3n) is 5.79. The lowest BCUT2D eigenvalue weighted by atomic mass is 10.0. The van der Waals surface area contributed by atoms with Crippen LogP contribution in [0.5, 0.6) is 0 Å². The highest BCUT2D eigenvalue weighted by Crippen LogP contribution is 2.13. The van der Waals surface area contributed by atoms with Crippen molar-refractivity contribution in [3.63, 3.8) is 0 Å². The largest absolute Gasteiger partial charge is 0.444 e. The zero-order chi connectivity index (χ0) is 22.1. The van der Waals surface area contributed by atoms with Crippen molar-refractivity contribution in [1.29, 1.82) is 0 Å². The third kappa shape index (κ3) is 10.6. The van der Waals surface area contributed by atoms with Crippen molar-refractivity contribution in [2.75, 3.05) is 59.4 Å². The summed E-state index contributed by atoms with van der Waals surface area (Å²) in [6, 6.07) is 1.14. The number of piperazine rings is 1. The highest BCUT2D eigenvalue weighted by Gasteiger charge is 2.25. The van der Waals surface area contributed by atoms with Crippen molar-refractivity contribution in [3.8, 4) is 0 Å². The predicted octanol–water partition coefficient (Wildman–Crippen LogP) is 2.59. The minimum absolute atomic E-state index is 0. The Morgan fingerprint density at radius 1 is 1.10 bits per heavy atom. The topological polar surface area (TPSA) is 72.4 Å². The average molecular weight is 553 g/mol. The molecule has 2 fully saturated rings. The summed E-state index contributed by atoms with van der Waals surface area (Å²) in [5.74, 6) is 0.910. The van der Waals surface area contributed by atoms with E-state index in [1.807, 2.05) is 32.7 Å². The van der Waals surface area contributed by atoms with E-state index >= 15 is 0 Å². The lowest BCUT2D eigenvalue weighted by molar-refractivity contribution is 0.0145. The molecule has 0 bridgehead atoms. The van der Waals surface area contributed by atoms with Gasteiger partial charge in [0.25, 0.3) is 0 Å². The highest BCUT2D eigenvalue weighted by molar-refractivity contribution is 14.0. The molecule has 0 radical (unpaired) electrons. The van der Waals surface area contributed by atoms with Crippen LogP contribution in [-0.2, 0) is 4.74 Å². The van der Waals surface area contributed by atoms with Crippen LogP contribution in [0.15, 0.2) is 4.99 Å². The number of ether oxygens (including phenoxy) is 1. The van der Waals surface area contributed by atoms with Crippen molar-refractivity contribution >= 4 is 36.0 Å². The monoisotopic (exact) mass is 552 g/mol. The molecule has 1 amide bonds. The van der Waals surface area contributed by atoms with E-state index in [1.165, 1.54) is 12.8 Å². The van der Waals surface area contributed by atoms with Gasteiger partial charge in [-0.1, -0.05) is 0 Å². The van der Waals surface area contributed by atoms with Crippen molar-refractivity contribution in [1.82, 2.24) is 25.3 Å². The maximum atomic E-state index is 12.2. The van der Waals surface area contributed by atoms with Gasteiger partial charge in [0.2, 0.25) is 0 Å². The number of nitrogens with zero attached hydrogens (tertiary/aromatic N) is 4. The Balaban J connectivity index is 0.00000480. The number of likely N-dealkylation sites (tertiary alicyclic amines) is 1. The zero-order valence-corrected chi connectivity index (χ0v) is 22.8. The van der Waals surface area contributed by atoms with Crippen LogP contribution in [0.1, 0.15) is 53.9 Å². The summed E-state index contributed by atoms with van der Waals surface area (Å²) in [5, 5.41) is 7.04. The number of nitrogens with one attached hydrogen (secondary N) is 2. The summed E-state index contributed by atoms with van der Waals surface area (Å²) in [7, 11) is 1.84. The number of piperidine rings is 1. The summed E-state index contributed by atoms with van der Waals surface area (Å²) in [4.78, 5) is 23.3. The molecule has 2 aliphatic rings. The van der Waals surface area contributed by atoms with Gasteiger partial charge in [-0.2, -0.15) is 0 Å². The minimum atomic E-state index is -0.433. The fourth-order valence-electron chi connectivity index (χ4n) is 3.94. The Morgan fingerprint density at radius 2 is 1.71 bits per heavy atom. The molecular weight excluding hydrogens is 507 g/mol. The quantitative estimate of drug-likeness (QED) is 0.229. The third-order valence-corrected chi connectivity index (χ3v) is 5.79. The van der Waals surface area contributed by atoms with Crippen LogP contribution in [0, 0.1) is 0 Å². The van der Waals surface area contributed by atoms with Gasteiger partial charge in [-0.3, -0.25) is 9.89 Å². The Bertz CT molecular complexity index is 551. The van der Waals surface area contributed by atoms with E-state index in [0.29, 0.717) is 12.1 Å². The van der Waals surface area contributed by atoms with Gasteiger partial charge < -0.3 is 25.2 Å². The SMILES string of the molecule is CN=C(NCCCN1CCN(C(=O)OC(C)(C)C)CC1)NC1CCN(C(C)C)CC1.I. The predicted molar refractivity (Wildman–Crippen MR) is 139 cm³/mol. The fraction of sp³-hybridized carbons (Fsp3) is 0.909. The van der Waals surface area contributed by atoms with Gasteiger partial charge in [0.1, 0.15) is 5.60 Å². The first-order valence-electron chi connectivity index (χ1n) is 11.6. The molecule has 0 spiro atoms. The molecule has 182 valence electrons. The summed E-state index contributed by atoms with van der Waals surface area (Å²) >= 11 is 0. The maximum Gasteiger partial charge on any atom is 0.410 e. The van der Waals surface area contributed by atoms with E-state index < -0.39 is 5.60 Å². The zero-order valence-electron chi connectivity index (χ0n) is 20.4. The molecule has 0 saturated carbocycles. The lowest BCUT2D eigenvalue weighted by Gasteiger charge is -2.36. The van der Waals surface area contributed by atoms with Crippen LogP contribution in [0.25, 0.3) is 0 Å². The molecule has 2 aliphatic heterocycles. The first-order chi connectivity index (χ1) is 14.2. The number of carbonyl (C=O) groups excluding carboxylic acids is 1. The molecule has 2 rings (SSSR count). The molecule has 31 heavy (non-hydrogen) atoms. The van der Waals surface area contributed by atoms with Crippen molar-refractivity contribution in [3.05, 3.63) is 0 Å². The van der Waals surface area contributed by atoms with E-state index in [4.69, 9.17) is 4.74 Å². The smallest absolute Gasteiger partial charge is 0.410 e. The van der Waals surface area contributed by atoms with Crippen LogP contribution in [0.3, 0.4) is 0 Å². The Labute approximate surface area is 206 Å². The van der Waals surface area contributed by atoms with Crippen LogP contribution in [-0.4, -0.2) is 104 Å². The number of halogens is 1. The van der Waals surface area contributed by atoms with E-state index in [9.17, 15) is 4.79 Å². The minimum Gasteiger partial charge on any atom is -0.444 e. The van der Waals surface area contributed by atoms with E-state index in [0.717, 1.165) is 64.7 Å². The molecule has 0 atom stereocenters. The van der Waals surface area contributed by atoms with Gasteiger partial charge in [-0.25, -0.2) is 4.79 Å². The molecular formula is C22H45IN6O2. The van der Waals surface area contributed by atoms with Crippen molar-refractivity contribution < 1.29 is 9.53 Å². The molecule has 0 unspecified atom stereocenters. The lowest BCUT2D eigenvalue weighted by Crippen LogP contribution is -2.51. The Morgan fingerprint density at radius 3 is 2.23 bits per heavy atom. The number of rotatable bonds is 6. The van der Waals surface area contributed by atoms with Gasteiger partial charge in [-0.05, 0) is 60.4 Å². The van der Waals surface area contributed by atoms with Crippen LogP contribution in [0.2, 0.25) is 0 Å². The summed E-state index contributed by atoms with van der Waals surface area (Å²) < 4.78 is 5.47. The van der Waals surface area contributed by atoms with E-state index in [-0.39, 0.29) is 30.1 Å². The Kier molecular flexibility index (Phi) is 12.4. The number of carbonyl (C=O) groups is 1. The molecule has 8 nitrogen and oxygen atoms in total. The Hall–Kier alpha value is -0.810. The van der Waals surface area contributed by atoms with Gasteiger partial charge >= 0.3 is 6.09 Å². The maximum absolute atomic E-state index is 12.2. The first-order valence-corrected chi connectivity index (χ1v) is 11.6. The number of hydrogen-bond acceptors (Lipinski definition) is 5. The van der Waals surface area contributed by atoms with Crippen LogP contribution in [0.4, 0.5) is 4.79 Å². The molecule has 2 N–H and O–H groups in total. The molecule has 2 heterocycles. The molecule has 9 heteroatoms.